The van der Waals surface area contributed by atoms with Gasteiger partial charge in [0.1, 0.15) is 0 Å². The second-order valence-corrected chi connectivity index (χ2v) is 8.13. The number of hydrogen-bond acceptors (Lipinski definition) is 6. The van der Waals surface area contributed by atoms with Gasteiger partial charge in [-0.15, -0.1) is 0 Å². The van der Waals surface area contributed by atoms with Crippen molar-refractivity contribution in [1.82, 2.24) is 9.66 Å². The maximum absolute atomic E-state index is 13.4. The molecule has 0 unspecified atom stereocenters. The molecule has 1 aromatic heterocycles. The predicted octanol–water partition coefficient (Wildman–Crippen LogP) is 5.22. The number of alkyl halides is 3. The van der Waals surface area contributed by atoms with Crippen molar-refractivity contribution in [3.63, 3.8) is 0 Å². The van der Waals surface area contributed by atoms with Gasteiger partial charge in [-0.3, -0.25) is 4.79 Å². The second-order valence-electron chi connectivity index (χ2n) is 8.13. The van der Waals surface area contributed by atoms with E-state index in [1.165, 1.54) is 31.3 Å². The van der Waals surface area contributed by atoms with E-state index in [4.69, 9.17) is 14.6 Å². The van der Waals surface area contributed by atoms with Gasteiger partial charge in [0.25, 0.3) is 5.56 Å². The van der Waals surface area contributed by atoms with Crippen LogP contribution in [0.25, 0.3) is 22.3 Å². The average molecular weight is 525 g/mol. The summed E-state index contributed by atoms with van der Waals surface area (Å²) in [5, 5.41) is 13.6. The zero-order valence-corrected chi connectivity index (χ0v) is 20.3. The molecule has 1 atom stereocenters. The number of ether oxygens (including phenoxy) is 2. The van der Waals surface area contributed by atoms with E-state index in [2.05, 4.69) is 10.1 Å². The Hall–Kier alpha value is -4.67. The molecule has 8 nitrogen and oxygen atoms in total. The summed E-state index contributed by atoms with van der Waals surface area (Å²) in [5.41, 5.74) is -0.635. The third-order valence-corrected chi connectivity index (χ3v) is 5.44. The van der Waals surface area contributed by atoms with Gasteiger partial charge in [0.2, 0.25) is 0 Å². The van der Waals surface area contributed by atoms with Gasteiger partial charge >= 0.3 is 12.1 Å². The number of aliphatic carboxylic acids is 1. The maximum atomic E-state index is 13.4. The summed E-state index contributed by atoms with van der Waals surface area (Å²) in [6.45, 7) is 3.39. The van der Waals surface area contributed by atoms with Gasteiger partial charge in [0.05, 0.1) is 29.3 Å². The summed E-state index contributed by atoms with van der Waals surface area (Å²) in [4.78, 5) is 28.9. The highest BCUT2D eigenvalue weighted by atomic mass is 19.4. The second kappa shape index (κ2) is 10.8. The van der Waals surface area contributed by atoms with Crippen molar-refractivity contribution in [2.45, 2.75) is 26.1 Å². The van der Waals surface area contributed by atoms with Crippen molar-refractivity contribution in [2.24, 2.45) is 5.10 Å². The van der Waals surface area contributed by atoms with Gasteiger partial charge in [-0.2, -0.15) is 22.9 Å². The van der Waals surface area contributed by atoms with E-state index >= 15 is 0 Å². The van der Waals surface area contributed by atoms with Gasteiger partial charge in [-0.05, 0) is 61.9 Å². The molecule has 196 valence electrons. The molecule has 0 aliphatic carbocycles. The summed E-state index contributed by atoms with van der Waals surface area (Å²) < 4.78 is 52.0. The third kappa shape index (κ3) is 5.66. The standard InChI is InChI=1S/C27H22F3N3O5/c1-3-37-23-13-17(11-12-22(23)38-16(2)26(35)36)15-31-33-24(18-7-6-8-19(14-18)27(28,29)30)32-21-10-5-4-9-20(21)25(33)34/h4-16H,3H2,1-2H3,(H,35,36)/t16-/m0/s1. The molecule has 1 N–H and O–H groups in total. The van der Waals surface area contributed by atoms with Crippen molar-refractivity contribution < 1.29 is 32.5 Å². The quantitative estimate of drug-likeness (QED) is 0.317. The Kier molecular flexibility index (Phi) is 7.47. The molecule has 0 saturated carbocycles. The molecule has 0 fully saturated rings. The van der Waals surface area contributed by atoms with Crippen LogP contribution in [-0.4, -0.2) is 39.7 Å². The van der Waals surface area contributed by atoms with Gasteiger partial charge in [0.15, 0.2) is 23.4 Å². The molecule has 0 bridgehead atoms. The van der Waals surface area contributed by atoms with Crippen LogP contribution in [0.1, 0.15) is 25.0 Å². The molecule has 0 aliphatic heterocycles. The fourth-order valence-electron chi connectivity index (χ4n) is 3.59. The Labute approximate surface area is 214 Å². The van der Waals surface area contributed by atoms with Crippen LogP contribution < -0.4 is 15.0 Å². The van der Waals surface area contributed by atoms with Crippen LogP contribution in [0.2, 0.25) is 0 Å². The highest BCUT2D eigenvalue weighted by Crippen LogP contribution is 2.32. The van der Waals surface area contributed by atoms with Crippen LogP contribution >= 0.6 is 0 Å². The number of halogens is 3. The summed E-state index contributed by atoms with van der Waals surface area (Å²) in [7, 11) is 0. The molecular formula is C27H22F3N3O5. The maximum Gasteiger partial charge on any atom is 0.416 e. The smallest absolute Gasteiger partial charge is 0.416 e. The van der Waals surface area contributed by atoms with Crippen LogP contribution in [0.15, 0.2) is 76.6 Å². The number of carboxylic acids is 1. The van der Waals surface area contributed by atoms with Crippen LogP contribution in [0.3, 0.4) is 0 Å². The van der Waals surface area contributed by atoms with E-state index in [1.807, 2.05) is 0 Å². The first kappa shape index (κ1) is 26.4. The zero-order valence-electron chi connectivity index (χ0n) is 20.3. The number of para-hydroxylation sites is 1. The molecular weight excluding hydrogens is 503 g/mol. The lowest BCUT2D eigenvalue weighted by Crippen LogP contribution is -2.23. The predicted molar refractivity (Wildman–Crippen MR) is 135 cm³/mol. The van der Waals surface area contributed by atoms with E-state index in [-0.39, 0.29) is 34.9 Å². The number of fused-ring (bicyclic) bond motifs is 1. The topological polar surface area (TPSA) is 103 Å². The lowest BCUT2D eigenvalue weighted by molar-refractivity contribution is -0.144. The Bertz CT molecular complexity index is 1580. The van der Waals surface area contributed by atoms with Crippen molar-refractivity contribution in [3.8, 4) is 22.9 Å². The number of carbonyl (C=O) groups is 1. The SMILES string of the molecule is CCOc1cc(C=Nn2c(-c3cccc(C(F)(F)F)c3)nc3ccccc3c2=O)ccc1O[C@@H](C)C(=O)O. The lowest BCUT2D eigenvalue weighted by atomic mass is 10.1. The Balaban J connectivity index is 1.82. The van der Waals surface area contributed by atoms with Crippen LogP contribution in [0.5, 0.6) is 11.5 Å². The Morgan fingerprint density at radius 3 is 2.58 bits per heavy atom. The molecule has 4 rings (SSSR count). The van der Waals surface area contributed by atoms with E-state index in [0.29, 0.717) is 11.1 Å². The molecule has 0 amide bonds. The van der Waals surface area contributed by atoms with Gasteiger partial charge < -0.3 is 14.6 Å². The summed E-state index contributed by atoms with van der Waals surface area (Å²) in [5.74, 6) is -0.764. The first-order valence-electron chi connectivity index (χ1n) is 11.5. The fraction of sp³-hybridized carbons (Fsp3) is 0.185. The average Bonchev–Trinajstić information content (AvgIpc) is 2.89. The van der Waals surface area contributed by atoms with Crippen molar-refractivity contribution in [3.05, 3.63) is 88.2 Å². The van der Waals surface area contributed by atoms with Crippen molar-refractivity contribution in [2.75, 3.05) is 6.61 Å². The molecule has 0 spiro atoms. The minimum absolute atomic E-state index is 0.0567. The van der Waals surface area contributed by atoms with Crippen molar-refractivity contribution in [1.29, 1.82) is 0 Å². The first-order valence-corrected chi connectivity index (χ1v) is 11.5. The van der Waals surface area contributed by atoms with Gasteiger partial charge in [-0.25, -0.2) is 9.78 Å². The molecule has 0 aliphatic rings. The highest BCUT2D eigenvalue weighted by Gasteiger charge is 2.31. The van der Waals surface area contributed by atoms with E-state index in [0.717, 1.165) is 16.8 Å². The first-order chi connectivity index (χ1) is 18.1. The number of benzene rings is 3. The van der Waals surface area contributed by atoms with Crippen molar-refractivity contribution >= 4 is 23.1 Å². The minimum Gasteiger partial charge on any atom is -0.490 e. The third-order valence-electron chi connectivity index (χ3n) is 5.44. The lowest BCUT2D eigenvalue weighted by Gasteiger charge is -2.15. The van der Waals surface area contributed by atoms with Crippen LogP contribution in [0.4, 0.5) is 13.2 Å². The molecule has 4 aromatic rings. The number of rotatable bonds is 8. The minimum atomic E-state index is -4.58. The van der Waals surface area contributed by atoms with Crippen LogP contribution in [-0.2, 0) is 11.0 Å². The summed E-state index contributed by atoms with van der Waals surface area (Å²) >= 11 is 0. The molecule has 1 heterocycles. The monoisotopic (exact) mass is 525 g/mol. The van der Waals surface area contributed by atoms with Crippen LogP contribution in [0, 0.1) is 0 Å². The van der Waals surface area contributed by atoms with Gasteiger partial charge in [-0.1, -0.05) is 24.3 Å². The summed E-state index contributed by atoms with van der Waals surface area (Å²) in [6.07, 6.45) is -4.38. The van der Waals surface area contributed by atoms with E-state index < -0.39 is 29.4 Å². The Morgan fingerprint density at radius 1 is 1.11 bits per heavy atom. The number of aromatic nitrogens is 2. The van der Waals surface area contributed by atoms with E-state index in [1.54, 1.807) is 43.3 Å². The van der Waals surface area contributed by atoms with Gasteiger partial charge in [0, 0.05) is 5.56 Å². The molecule has 38 heavy (non-hydrogen) atoms. The Morgan fingerprint density at radius 2 is 1.87 bits per heavy atom. The fourth-order valence-corrected chi connectivity index (χ4v) is 3.59. The number of nitrogens with zero attached hydrogens (tertiary/aromatic N) is 3. The zero-order chi connectivity index (χ0) is 27.4. The molecule has 0 saturated heterocycles. The molecule has 3 aromatic carbocycles. The largest absolute Gasteiger partial charge is 0.490 e. The number of carboxylic acid groups (broad SMARTS) is 1. The molecule has 11 heteroatoms. The highest BCUT2D eigenvalue weighted by molar-refractivity contribution is 5.83. The van der Waals surface area contributed by atoms with E-state index in [9.17, 15) is 22.8 Å². The molecule has 0 radical (unpaired) electrons. The number of hydrogen-bond donors (Lipinski definition) is 1. The summed E-state index contributed by atoms with van der Waals surface area (Å²) in [6, 6.07) is 15.6. The normalized spacial score (nSPS) is 12.6.